The number of carboxylic acid groups (broad SMARTS) is 2. The van der Waals surface area contributed by atoms with E-state index in [2.05, 4.69) is 13.8 Å². The first-order valence-electron chi connectivity index (χ1n) is 8.67. The van der Waals surface area contributed by atoms with E-state index in [0.29, 0.717) is 11.5 Å². The molecule has 4 nitrogen and oxygen atoms in total. The SMILES string of the molecule is CC(C)(SCCC(=O)O)SCCC(=O)O.CCC[CH2][Sn][CH2]CCC. The fourth-order valence-corrected chi connectivity index (χ4v) is 8.07. The van der Waals surface area contributed by atoms with E-state index in [-0.39, 0.29) is 38.1 Å². The Morgan fingerprint density at radius 3 is 1.54 bits per heavy atom. The van der Waals surface area contributed by atoms with Crippen molar-refractivity contribution in [3.63, 3.8) is 0 Å². The topological polar surface area (TPSA) is 74.6 Å². The summed E-state index contributed by atoms with van der Waals surface area (Å²) in [4.78, 5) is 20.6. The van der Waals surface area contributed by atoms with Crippen molar-refractivity contribution in [3.05, 3.63) is 0 Å². The molecule has 7 heteroatoms. The molecule has 2 N–H and O–H groups in total. The second-order valence-electron chi connectivity index (χ2n) is 5.84. The molecule has 0 bridgehead atoms. The van der Waals surface area contributed by atoms with Crippen molar-refractivity contribution in [3.8, 4) is 0 Å². The van der Waals surface area contributed by atoms with Gasteiger partial charge in [-0.2, -0.15) is 0 Å². The molecular weight excluding hydrogens is 451 g/mol. The van der Waals surface area contributed by atoms with Crippen LogP contribution in [0.4, 0.5) is 0 Å². The van der Waals surface area contributed by atoms with E-state index in [1.165, 1.54) is 25.7 Å². The zero-order valence-corrected chi connectivity index (χ0v) is 20.1. The quantitative estimate of drug-likeness (QED) is 0.199. The summed E-state index contributed by atoms with van der Waals surface area (Å²) in [6.07, 6.45) is 6.13. The van der Waals surface area contributed by atoms with Gasteiger partial charge in [-0.1, -0.05) is 0 Å². The summed E-state index contributed by atoms with van der Waals surface area (Å²) in [6.45, 7) is 8.54. The number of hydrogen-bond donors (Lipinski definition) is 2. The monoisotopic (exact) mass is 486 g/mol. The fraction of sp³-hybridized carbons (Fsp3) is 0.882. The van der Waals surface area contributed by atoms with Gasteiger partial charge in [-0.15, -0.1) is 23.5 Å². The van der Waals surface area contributed by atoms with Crippen LogP contribution in [-0.4, -0.2) is 58.9 Å². The molecule has 0 aromatic carbocycles. The Bertz CT molecular complexity index is 298. The van der Waals surface area contributed by atoms with Gasteiger partial charge in [0.15, 0.2) is 0 Å². The van der Waals surface area contributed by atoms with Gasteiger partial charge in [-0.3, -0.25) is 9.59 Å². The normalized spacial score (nSPS) is 10.8. The molecule has 0 spiro atoms. The van der Waals surface area contributed by atoms with Gasteiger partial charge < -0.3 is 10.2 Å². The first-order valence-corrected chi connectivity index (χ1v) is 14.7. The molecule has 24 heavy (non-hydrogen) atoms. The molecule has 0 saturated heterocycles. The number of thioether (sulfide) groups is 2. The van der Waals surface area contributed by atoms with Crippen LogP contribution in [0.25, 0.3) is 0 Å². The Morgan fingerprint density at radius 1 is 0.875 bits per heavy atom. The first kappa shape index (κ1) is 26.7. The number of carbonyl (C=O) groups is 2. The second-order valence-corrected chi connectivity index (χ2v) is 13.8. The molecule has 0 fully saturated rings. The minimum absolute atomic E-state index is 0.120. The van der Waals surface area contributed by atoms with E-state index in [1.807, 2.05) is 13.8 Å². The fourth-order valence-electron chi connectivity index (χ4n) is 1.54. The third kappa shape index (κ3) is 24.7. The van der Waals surface area contributed by atoms with Gasteiger partial charge in [0.2, 0.25) is 0 Å². The van der Waals surface area contributed by atoms with Crippen molar-refractivity contribution < 1.29 is 19.8 Å². The van der Waals surface area contributed by atoms with Crippen molar-refractivity contribution in [2.75, 3.05) is 11.5 Å². The first-order chi connectivity index (χ1) is 11.2. The zero-order chi connectivity index (χ0) is 18.8. The van der Waals surface area contributed by atoms with Crippen LogP contribution in [0.1, 0.15) is 66.2 Å². The molecular formula is C17H34O4S2Sn. The molecule has 142 valence electrons. The van der Waals surface area contributed by atoms with Gasteiger partial charge in [-0.05, 0) is 13.8 Å². The Morgan fingerprint density at radius 2 is 1.25 bits per heavy atom. The number of unbranched alkanes of at least 4 members (excludes halogenated alkanes) is 2. The summed E-state index contributed by atoms with van der Waals surface area (Å²) in [7, 11) is 0. The maximum atomic E-state index is 10.3. The van der Waals surface area contributed by atoms with Crippen LogP contribution >= 0.6 is 23.5 Å². The molecule has 0 heterocycles. The predicted molar refractivity (Wildman–Crippen MR) is 109 cm³/mol. The van der Waals surface area contributed by atoms with Crippen LogP contribution in [0.3, 0.4) is 0 Å². The Labute approximate surface area is 166 Å². The van der Waals surface area contributed by atoms with Crippen molar-refractivity contribution in [1.29, 1.82) is 0 Å². The van der Waals surface area contributed by atoms with E-state index < -0.39 is 11.9 Å². The van der Waals surface area contributed by atoms with Crippen LogP contribution in [0.2, 0.25) is 8.87 Å². The van der Waals surface area contributed by atoms with Gasteiger partial charge in [0.05, 0.1) is 16.9 Å². The Kier molecular flexibility index (Phi) is 20.3. The molecule has 0 amide bonds. The van der Waals surface area contributed by atoms with Gasteiger partial charge in [0.1, 0.15) is 0 Å². The third-order valence-electron chi connectivity index (χ3n) is 2.95. The van der Waals surface area contributed by atoms with E-state index in [1.54, 1.807) is 32.4 Å². The van der Waals surface area contributed by atoms with Gasteiger partial charge in [0.25, 0.3) is 0 Å². The average molecular weight is 485 g/mol. The molecule has 0 aliphatic carbocycles. The summed E-state index contributed by atoms with van der Waals surface area (Å²) in [5.41, 5.74) is 0. The van der Waals surface area contributed by atoms with E-state index in [9.17, 15) is 9.59 Å². The van der Waals surface area contributed by atoms with E-state index >= 15 is 0 Å². The molecule has 0 saturated carbocycles. The summed E-state index contributed by atoms with van der Waals surface area (Å²) in [5, 5.41) is 16.9. The maximum absolute atomic E-state index is 10.3. The molecule has 0 aromatic rings. The number of hydrogen-bond acceptors (Lipinski definition) is 4. The van der Waals surface area contributed by atoms with Gasteiger partial charge in [-0.25, -0.2) is 0 Å². The standard InChI is InChI=1S/C9H16O4S2.2C4H9.Sn/c1-9(2,14-5-3-7(10)11)15-6-4-8(12)13;2*1-3-4-2;/h3-6H2,1-2H3,(H,10,11)(H,12,13);2*1,3-4H2,2H3;. The summed E-state index contributed by atoms with van der Waals surface area (Å²) >= 11 is 3.25. The second kappa shape index (κ2) is 18.2. The molecule has 0 unspecified atom stereocenters. The molecule has 0 aromatic heterocycles. The van der Waals surface area contributed by atoms with Gasteiger partial charge in [0, 0.05) is 11.5 Å². The van der Waals surface area contributed by atoms with Crippen molar-refractivity contribution in [2.24, 2.45) is 0 Å². The minimum atomic E-state index is -0.797. The van der Waals surface area contributed by atoms with Gasteiger partial charge >= 0.3 is 81.5 Å². The van der Waals surface area contributed by atoms with Crippen LogP contribution in [0.5, 0.6) is 0 Å². The summed E-state index contributed by atoms with van der Waals surface area (Å²) in [5.74, 6) is -0.479. The Hall–Kier alpha value is 0.439. The third-order valence-corrected chi connectivity index (χ3v) is 9.90. The molecule has 2 radical (unpaired) electrons. The van der Waals surface area contributed by atoms with E-state index in [0.717, 1.165) is 0 Å². The molecule has 0 aliphatic heterocycles. The van der Waals surface area contributed by atoms with Crippen molar-refractivity contribution in [2.45, 2.75) is 79.2 Å². The molecule has 0 atom stereocenters. The van der Waals surface area contributed by atoms with E-state index in [4.69, 9.17) is 10.2 Å². The number of rotatable bonds is 14. The van der Waals surface area contributed by atoms with Crippen LogP contribution in [-0.2, 0) is 9.59 Å². The van der Waals surface area contributed by atoms with Crippen molar-refractivity contribution in [1.82, 2.24) is 0 Å². The van der Waals surface area contributed by atoms with Crippen LogP contribution in [0, 0.1) is 0 Å². The molecule has 0 rings (SSSR count). The van der Waals surface area contributed by atoms with Crippen molar-refractivity contribution >= 4 is 56.6 Å². The summed E-state index contributed by atoms with van der Waals surface area (Å²) < 4.78 is 3.13. The predicted octanol–water partition coefficient (Wildman–Crippen LogP) is 5.27. The summed E-state index contributed by atoms with van der Waals surface area (Å²) in [6, 6.07) is 0. The Balaban J connectivity index is 0. The van der Waals surface area contributed by atoms with Crippen LogP contribution < -0.4 is 0 Å². The number of aliphatic carboxylic acids is 2. The molecule has 0 aliphatic rings. The number of carboxylic acids is 2. The average Bonchev–Trinajstić information content (AvgIpc) is 2.46. The zero-order valence-electron chi connectivity index (χ0n) is 15.6. The van der Waals surface area contributed by atoms with Crippen LogP contribution in [0.15, 0.2) is 0 Å².